The van der Waals surface area contributed by atoms with Crippen LogP contribution < -0.4 is 10.6 Å². The number of rotatable bonds is 5. The number of carbonyl (C=O) groups is 3. The van der Waals surface area contributed by atoms with E-state index in [0.717, 1.165) is 27.6 Å². The number of aryl methyl sites for hydroxylation is 1. The van der Waals surface area contributed by atoms with Crippen molar-refractivity contribution in [1.82, 2.24) is 14.7 Å². The molecule has 1 fully saturated rings. The van der Waals surface area contributed by atoms with E-state index >= 15 is 0 Å². The maximum Gasteiger partial charge on any atom is 0.436 e. The maximum atomic E-state index is 13.5. The molecule has 2 aromatic rings. The van der Waals surface area contributed by atoms with Gasteiger partial charge in [0.2, 0.25) is 5.91 Å². The quantitative estimate of drug-likeness (QED) is 0.422. The number of hydrogen-bond acceptors (Lipinski definition) is 5. The summed E-state index contributed by atoms with van der Waals surface area (Å²) >= 11 is 3.51. The monoisotopic (exact) mass is 575 g/mol. The van der Waals surface area contributed by atoms with E-state index in [4.69, 9.17) is 4.74 Å². The van der Waals surface area contributed by atoms with Crippen LogP contribution in [0.25, 0.3) is 0 Å². The van der Waals surface area contributed by atoms with Crippen molar-refractivity contribution in [2.75, 3.05) is 17.2 Å². The number of para-hydroxylation sites is 1. The first-order chi connectivity index (χ1) is 16.7. The highest BCUT2D eigenvalue weighted by Crippen LogP contribution is 2.61. The number of fused-ring (bicyclic) bond motifs is 1. The van der Waals surface area contributed by atoms with E-state index < -0.39 is 19.7 Å². The molecule has 0 saturated heterocycles. The van der Waals surface area contributed by atoms with Crippen LogP contribution in [-0.4, -0.2) is 47.4 Å². The molecule has 0 radical (unpaired) electrons. The van der Waals surface area contributed by atoms with Crippen LogP contribution in [0.1, 0.15) is 50.4 Å². The summed E-state index contributed by atoms with van der Waals surface area (Å²) < 4.78 is 7.15. The summed E-state index contributed by atoms with van der Waals surface area (Å²) in [5.41, 5.74) is 1.99. The summed E-state index contributed by atoms with van der Waals surface area (Å²) in [6.45, 7) is 14.3. The van der Waals surface area contributed by atoms with E-state index in [9.17, 15) is 14.4 Å². The minimum Gasteiger partial charge on any atom is -0.448 e. The van der Waals surface area contributed by atoms with Crippen molar-refractivity contribution in [3.63, 3.8) is 0 Å². The molecule has 2 aliphatic rings. The van der Waals surface area contributed by atoms with Gasteiger partial charge in [0, 0.05) is 15.1 Å². The zero-order chi connectivity index (χ0) is 26.6. The highest BCUT2D eigenvalue weighted by atomic mass is 79.9. The SMILES string of the molecule is CCOC(=O)n1nc2c(c1NC(=O)C1([Si](C)(C)C)CC1)CN(C(=O)Nc1c(C)cccc1Br)C2(C)C. The maximum absolute atomic E-state index is 13.5. The molecule has 9 nitrogen and oxygen atoms in total. The second-order valence-electron chi connectivity index (χ2n) is 11.1. The molecular formula is C25H34BrN5O4Si. The molecule has 36 heavy (non-hydrogen) atoms. The number of urea groups is 1. The van der Waals surface area contributed by atoms with Crippen LogP contribution in [0.4, 0.5) is 21.1 Å². The van der Waals surface area contributed by atoms with Crippen molar-refractivity contribution in [2.45, 2.75) is 77.3 Å². The van der Waals surface area contributed by atoms with Gasteiger partial charge in [0.15, 0.2) is 0 Å². The Hall–Kier alpha value is -2.66. The van der Waals surface area contributed by atoms with E-state index in [1.165, 1.54) is 0 Å². The van der Waals surface area contributed by atoms with Crippen molar-refractivity contribution >= 4 is 53.5 Å². The van der Waals surface area contributed by atoms with Crippen LogP contribution in [0.15, 0.2) is 22.7 Å². The Kier molecular flexibility index (Phi) is 6.61. The molecule has 0 atom stereocenters. The van der Waals surface area contributed by atoms with Gasteiger partial charge in [-0.05, 0) is 68.1 Å². The number of nitrogens with zero attached hydrogens (tertiary/aromatic N) is 3. The van der Waals surface area contributed by atoms with Gasteiger partial charge in [-0.1, -0.05) is 31.8 Å². The third kappa shape index (κ3) is 4.25. The molecule has 3 amide bonds. The number of amides is 3. The summed E-state index contributed by atoms with van der Waals surface area (Å²) in [4.78, 5) is 41.4. The number of hydrogen-bond donors (Lipinski definition) is 2. The van der Waals surface area contributed by atoms with Gasteiger partial charge in [-0.2, -0.15) is 5.10 Å². The van der Waals surface area contributed by atoms with Crippen molar-refractivity contribution in [3.8, 4) is 0 Å². The number of anilines is 2. The van der Waals surface area contributed by atoms with Crippen molar-refractivity contribution in [2.24, 2.45) is 0 Å². The molecular weight excluding hydrogens is 542 g/mol. The second-order valence-corrected chi connectivity index (χ2v) is 17.4. The minimum atomic E-state index is -1.81. The predicted molar refractivity (Wildman–Crippen MR) is 145 cm³/mol. The molecule has 2 N–H and O–H groups in total. The number of halogens is 1. The standard InChI is InChI=1S/C25H34BrN5O4Si/c1-8-35-23(34)31-20(28-21(32)25(12-13-25)36(5,6)7)16-14-30(24(3,4)19(16)29-31)22(33)27-18-15(2)10-9-11-17(18)26/h9-11H,8,12-14H2,1-7H3,(H,27,33)(H,28,32). The smallest absolute Gasteiger partial charge is 0.436 e. The minimum absolute atomic E-state index is 0.0838. The van der Waals surface area contributed by atoms with Gasteiger partial charge in [0.1, 0.15) is 5.82 Å². The topological polar surface area (TPSA) is 106 Å². The van der Waals surface area contributed by atoms with Gasteiger partial charge in [-0.15, -0.1) is 4.68 Å². The molecule has 1 aromatic carbocycles. The first-order valence-corrected chi connectivity index (χ1v) is 16.5. The summed E-state index contributed by atoms with van der Waals surface area (Å²) in [5.74, 6) is 0.206. The fraction of sp³-hybridized carbons (Fsp3) is 0.520. The second kappa shape index (κ2) is 9.02. The lowest BCUT2D eigenvalue weighted by Crippen LogP contribution is -2.43. The molecule has 194 valence electrons. The lowest BCUT2D eigenvalue weighted by atomic mass is 10.0. The van der Waals surface area contributed by atoms with Crippen LogP contribution in [0, 0.1) is 6.92 Å². The molecule has 1 aliphatic heterocycles. The molecule has 0 bridgehead atoms. The van der Waals surface area contributed by atoms with Gasteiger partial charge >= 0.3 is 12.1 Å². The molecule has 4 rings (SSSR count). The predicted octanol–water partition coefficient (Wildman–Crippen LogP) is 6.05. The third-order valence-corrected chi connectivity index (χ3v) is 11.8. The zero-order valence-electron chi connectivity index (χ0n) is 21.9. The van der Waals surface area contributed by atoms with E-state index in [0.29, 0.717) is 22.8 Å². The van der Waals surface area contributed by atoms with Crippen molar-refractivity contribution < 1.29 is 19.1 Å². The molecule has 1 aliphatic carbocycles. The van der Waals surface area contributed by atoms with Crippen LogP contribution in [0.2, 0.25) is 24.7 Å². The Bertz CT molecular complexity index is 1230. The highest BCUT2D eigenvalue weighted by molar-refractivity contribution is 9.10. The van der Waals surface area contributed by atoms with E-state index in [1.54, 1.807) is 11.8 Å². The van der Waals surface area contributed by atoms with E-state index in [2.05, 4.69) is 51.3 Å². The Labute approximate surface area is 221 Å². The number of benzene rings is 1. The highest BCUT2D eigenvalue weighted by Gasteiger charge is 2.59. The van der Waals surface area contributed by atoms with Gasteiger partial charge < -0.3 is 20.3 Å². The fourth-order valence-corrected chi connectivity index (χ4v) is 7.91. The van der Waals surface area contributed by atoms with Crippen LogP contribution in [-0.2, 0) is 21.6 Å². The van der Waals surface area contributed by atoms with Crippen LogP contribution in [0.3, 0.4) is 0 Å². The Morgan fingerprint density at radius 1 is 1.17 bits per heavy atom. The van der Waals surface area contributed by atoms with E-state index in [1.807, 2.05) is 39.0 Å². The van der Waals surface area contributed by atoms with Gasteiger partial charge in [-0.25, -0.2) is 9.59 Å². The summed E-state index contributed by atoms with van der Waals surface area (Å²) in [7, 11) is -1.81. The molecule has 1 aromatic heterocycles. The molecule has 2 heterocycles. The molecule has 0 spiro atoms. The van der Waals surface area contributed by atoms with Crippen LogP contribution >= 0.6 is 15.9 Å². The lowest BCUT2D eigenvalue weighted by Gasteiger charge is -2.32. The lowest BCUT2D eigenvalue weighted by molar-refractivity contribution is -0.117. The first kappa shape index (κ1) is 26.4. The Morgan fingerprint density at radius 3 is 2.39 bits per heavy atom. The number of ether oxygens (including phenoxy) is 1. The summed E-state index contributed by atoms with van der Waals surface area (Å²) in [6, 6.07) is 5.41. The average molecular weight is 577 g/mol. The Morgan fingerprint density at radius 2 is 1.83 bits per heavy atom. The molecule has 11 heteroatoms. The van der Waals surface area contributed by atoms with Crippen molar-refractivity contribution in [3.05, 3.63) is 39.5 Å². The van der Waals surface area contributed by atoms with Gasteiger partial charge in [0.25, 0.3) is 0 Å². The normalized spacial score (nSPS) is 17.4. The van der Waals surface area contributed by atoms with Crippen molar-refractivity contribution in [1.29, 1.82) is 0 Å². The number of aromatic nitrogens is 2. The summed E-state index contributed by atoms with van der Waals surface area (Å²) in [6.07, 6.45) is 1.03. The van der Waals surface area contributed by atoms with Gasteiger partial charge in [-0.3, -0.25) is 4.79 Å². The summed E-state index contributed by atoms with van der Waals surface area (Å²) in [5, 5.41) is 10.2. The molecule has 1 saturated carbocycles. The number of nitrogens with one attached hydrogen (secondary N) is 2. The largest absolute Gasteiger partial charge is 0.448 e. The van der Waals surface area contributed by atoms with Crippen LogP contribution in [0.5, 0.6) is 0 Å². The van der Waals surface area contributed by atoms with E-state index in [-0.39, 0.29) is 30.1 Å². The average Bonchev–Trinajstić information content (AvgIpc) is 3.47. The Balaban J connectivity index is 1.69. The zero-order valence-corrected chi connectivity index (χ0v) is 24.5. The molecule has 0 unspecified atom stereocenters. The number of carbonyl (C=O) groups excluding carboxylic acids is 3. The fourth-order valence-electron chi connectivity index (χ4n) is 4.98. The first-order valence-electron chi connectivity index (χ1n) is 12.2. The van der Waals surface area contributed by atoms with Gasteiger partial charge in [0.05, 0.1) is 38.1 Å². The third-order valence-electron chi connectivity index (χ3n) is 7.55.